The van der Waals surface area contributed by atoms with Crippen LogP contribution in [-0.2, 0) is 9.59 Å². The highest BCUT2D eigenvalue weighted by Crippen LogP contribution is 2.16. The van der Waals surface area contributed by atoms with Crippen LogP contribution in [0.3, 0.4) is 0 Å². The van der Waals surface area contributed by atoms with E-state index >= 15 is 0 Å². The molecule has 0 saturated carbocycles. The molecule has 0 bridgehead atoms. The summed E-state index contributed by atoms with van der Waals surface area (Å²) in [5.74, 6) is -1.92. The number of aliphatic carboxylic acids is 1. The fourth-order valence-electron chi connectivity index (χ4n) is 2.23. The van der Waals surface area contributed by atoms with Crippen molar-refractivity contribution in [3.05, 3.63) is 62.6 Å². The Morgan fingerprint density at radius 1 is 1.17 bits per heavy atom. The second-order valence-electron chi connectivity index (χ2n) is 5.81. The van der Waals surface area contributed by atoms with Crippen molar-refractivity contribution in [2.75, 3.05) is 12.0 Å². The highest BCUT2D eigenvalue weighted by atomic mass is 79.9. The Morgan fingerprint density at radius 3 is 2.41 bits per heavy atom. The van der Waals surface area contributed by atoms with Gasteiger partial charge in [0.1, 0.15) is 11.7 Å². The molecule has 0 fully saturated rings. The number of benzene rings is 1. The first kappa shape index (κ1) is 23.2. The minimum atomic E-state index is -1.14. The van der Waals surface area contributed by atoms with E-state index in [0.29, 0.717) is 16.0 Å². The summed E-state index contributed by atoms with van der Waals surface area (Å²) in [6, 6.07) is 8.99. The quantitative estimate of drug-likeness (QED) is 0.412. The molecule has 29 heavy (non-hydrogen) atoms. The third-order valence-corrected chi connectivity index (χ3v) is 5.28. The Balaban J connectivity index is 2.27. The van der Waals surface area contributed by atoms with Gasteiger partial charge in [-0.25, -0.2) is 4.79 Å². The van der Waals surface area contributed by atoms with Gasteiger partial charge in [0.2, 0.25) is 0 Å². The van der Waals surface area contributed by atoms with E-state index in [1.165, 1.54) is 23.9 Å². The van der Waals surface area contributed by atoms with Gasteiger partial charge in [-0.1, -0.05) is 28.1 Å². The number of carboxylic acids is 1. The number of amides is 2. The van der Waals surface area contributed by atoms with Gasteiger partial charge in [-0.2, -0.15) is 11.8 Å². The lowest BCUT2D eigenvalue weighted by Gasteiger charge is -2.16. The maximum Gasteiger partial charge on any atom is 0.326 e. The Hall–Kier alpha value is -2.04. The van der Waals surface area contributed by atoms with Crippen molar-refractivity contribution in [1.29, 1.82) is 0 Å². The van der Waals surface area contributed by atoms with Crippen molar-refractivity contribution >= 4 is 67.5 Å². The minimum Gasteiger partial charge on any atom is -0.480 e. The average molecular weight is 546 g/mol. The molecule has 2 aromatic rings. The zero-order valence-corrected chi connectivity index (χ0v) is 19.3. The minimum absolute atomic E-state index is 0.00329. The summed E-state index contributed by atoms with van der Waals surface area (Å²) in [6.45, 7) is 0. The van der Waals surface area contributed by atoms with Crippen molar-refractivity contribution in [3.8, 4) is 0 Å². The number of carboxylic acid groups (broad SMARTS) is 1. The van der Waals surface area contributed by atoms with E-state index < -0.39 is 23.8 Å². The highest BCUT2D eigenvalue weighted by molar-refractivity contribution is 9.10. The van der Waals surface area contributed by atoms with Gasteiger partial charge in [-0.3, -0.25) is 9.59 Å². The van der Waals surface area contributed by atoms with E-state index in [9.17, 15) is 19.5 Å². The third-order valence-electron chi connectivity index (χ3n) is 3.68. The standard InChI is InChI=1S/C19H18Br2N2O5S/c1-29-9-8-13(19(26)27)22-17(24)14(10-11-2-4-12(20)5-3-11)23-18(25)15-6-7-16(21)28-15/h2-7,10,13H,8-9H2,1H3,(H,22,24)(H,23,25)(H,26,27)/b14-10+/t13-/m1/s1. The molecular formula is C19H18Br2N2O5S. The summed E-state index contributed by atoms with van der Waals surface area (Å²) in [6.07, 6.45) is 3.57. The molecule has 0 aliphatic rings. The van der Waals surface area contributed by atoms with Crippen LogP contribution in [0.1, 0.15) is 22.5 Å². The van der Waals surface area contributed by atoms with E-state index in [1.807, 2.05) is 6.26 Å². The SMILES string of the molecule is CSCC[C@@H](NC(=O)/C(=C\c1ccc(Br)cc1)NC(=O)c1ccc(Br)o1)C(=O)O. The lowest BCUT2D eigenvalue weighted by Crippen LogP contribution is -2.44. The molecular weight excluding hydrogens is 528 g/mol. The Kier molecular flexibility index (Phi) is 8.99. The Morgan fingerprint density at radius 2 is 1.86 bits per heavy atom. The van der Waals surface area contributed by atoms with Crippen molar-refractivity contribution in [1.82, 2.24) is 10.6 Å². The number of carbonyl (C=O) groups excluding carboxylic acids is 2. The molecule has 1 heterocycles. The zero-order chi connectivity index (χ0) is 21.4. The molecule has 0 unspecified atom stereocenters. The van der Waals surface area contributed by atoms with Crippen LogP contribution in [0.5, 0.6) is 0 Å². The van der Waals surface area contributed by atoms with Crippen LogP contribution >= 0.6 is 43.6 Å². The third kappa shape index (κ3) is 7.37. The smallest absolute Gasteiger partial charge is 0.326 e. The molecule has 10 heteroatoms. The molecule has 1 aromatic heterocycles. The van der Waals surface area contributed by atoms with Gasteiger partial charge in [0.05, 0.1) is 0 Å². The van der Waals surface area contributed by atoms with Gasteiger partial charge < -0.3 is 20.2 Å². The number of carbonyl (C=O) groups is 3. The van der Waals surface area contributed by atoms with Gasteiger partial charge in [0.25, 0.3) is 11.8 Å². The van der Waals surface area contributed by atoms with Crippen LogP contribution in [0, 0.1) is 0 Å². The summed E-state index contributed by atoms with van der Waals surface area (Å²) in [5.41, 5.74) is 0.551. The molecule has 0 aliphatic heterocycles. The van der Waals surface area contributed by atoms with Crippen LogP contribution in [0.2, 0.25) is 0 Å². The first-order chi connectivity index (χ1) is 13.8. The van der Waals surface area contributed by atoms with Gasteiger partial charge >= 0.3 is 5.97 Å². The van der Waals surface area contributed by atoms with Crippen LogP contribution < -0.4 is 10.6 Å². The summed E-state index contributed by atoms with van der Waals surface area (Å²) >= 11 is 7.93. The van der Waals surface area contributed by atoms with Gasteiger partial charge in [0, 0.05) is 4.47 Å². The normalized spacial score (nSPS) is 12.3. The maximum absolute atomic E-state index is 12.8. The molecule has 1 aromatic carbocycles. The second-order valence-corrected chi connectivity index (χ2v) is 8.50. The zero-order valence-electron chi connectivity index (χ0n) is 15.3. The molecule has 0 saturated heterocycles. The second kappa shape index (κ2) is 11.2. The van der Waals surface area contributed by atoms with Crippen LogP contribution in [0.15, 0.2) is 55.7 Å². The number of hydrogen-bond acceptors (Lipinski definition) is 5. The summed E-state index contributed by atoms with van der Waals surface area (Å²) < 4.78 is 6.43. The van der Waals surface area contributed by atoms with Crippen molar-refractivity contribution in [3.63, 3.8) is 0 Å². The fraction of sp³-hybridized carbons (Fsp3) is 0.211. The van der Waals surface area contributed by atoms with Gasteiger partial charge in [-0.15, -0.1) is 0 Å². The Labute approximate surface area is 188 Å². The Bertz CT molecular complexity index is 912. The van der Waals surface area contributed by atoms with Crippen LogP contribution in [-0.4, -0.2) is 40.9 Å². The number of nitrogens with one attached hydrogen (secondary N) is 2. The van der Waals surface area contributed by atoms with E-state index in [2.05, 4.69) is 42.5 Å². The predicted molar refractivity (Wildman–Crippen MR) is 119 cm³/mol. The molecule has 0 radical (unpaired) electrons. The summed E-state index contributed by atoms with van der Waals surface area (Å²) in [5, 5.41) is 14.3. The molecule has 0 aliphatic carbocycles. The number of thioether (sulfide) groups is 1. The molecule has 1 atom stereocenters. The van der Waals surface area contributed by atoms with E-state index in [1.54, 1.807) is 30.3 Å². The number of halogens is 2. The summed E-state index contributed by atoms with van der Waals surface area (Å²) in [4.78, 5) is 36.6. The van der Waals surface area contributed by atoms with Crippen LogP contribution in [0.25, 0.3) is 6.08 Å². The molecule has 3 N–H and O–H groups in total. The first-order valence-electron chi connectivity index (χ1n) is 8.36. The van der Waals surface area contributed by atoms with Crippen molar-refractivity contribution in [2.45, 2.75) is 12.5 Å². The van der Waals surface area contributed by atoms with Crippen molar-refractivity contribution < 1.29 is 23.9 Å². The molecule has 0 spiro atoms. The molecule has 7 nitrogen and oxygen atoms in total. The van der Waals surface area contributed by atoms with Gasteiger partial charge in [0.15, 0.2) is 10.4 Å². The van der Waals surface area contributed by atoms with E-state index in [0.717, 1.165) is 4.47 Å². The summed E-state index contributed by atoms with van der Waals surface area (Å²) in [7, 11) is 0. The lowest BCUT2D eigenvalue weighted by atomic mass is 10.1. The number of rotatable bonds is 9. The van der Waals surface area contributed by atoms with E-state index in [-0.39, 0.29) is 17.9 Å². The number of hydrogen-bond donors (Lipinski definition) is 3. The molecule has 2 rings (SSSR count). The van der Waals surface area contributed by atoms with E-state index in [4.69, 9.17) is 4.42 Å². The monoisotopic (exact) mass is 544 g/mol. The lowest BCUT2D eigenvalue weighted by molar-refractivity contribution is -0.141. The topological polar surface area (TPSA) is 109 Å². The van der Waals surface area contributed by atoms with Crippen molar-refractivity contribution in [2.24, 2.45) is 0 Å². The molecule has 2 amide bonds. The average Bonchev–Trinajstić information content (AvgIpc) is 3.12. The van der Waals surface area contributed by atoms with Gasteiger partial charge in [-0.05, 0) is 70.3 Å². The van der Waals surface area contributed by atoms with Crippen LogP contribution in [0.4, 0.5) is 0 Å². The largest absolute Gasteiger partial charge is 0.480 e. The number of furan rings is 1. The maximum atomic E-state index is 12.8. The fourth-order valence-corrected chi connectivity index (χ4v) is 3.28. The highest BCUT2D eigenvalue weighted by Gasteiger charge is 2.23. The molecule has 154 valence electrons. The first-order valence-corrected chi connectivity index (χ1v) is 11.3. The predicted octanol–water partition coefficient (Wildman–Crippen LogP) is 3.90.